The topological polar surface area (TPSA) is 41.5 Å². The Bertz CT molecular complexity index is 346. The van der Waals surface area contributed by atoms with E-state index >= 15 is 0 Å². The summed E-state index contributed by atoms with van der Waals surface area (Å²) >= 11 is 1.77. The van der Waals surface area contributed by atoms with Crippen molar-refractivity contribution in [3.8, 4) is 5.75 Å². The third kappa shape index (κ3) is 4.52. The summed E-state index contributed by atoms with van der Waals surface area (Å²) in [4.78, 5) is 0. The van der Waals surface area contributed by atoms with Crippen LogP contribution in [0.1, 0.15) is 25.5 Å². The van der Waals surface area contributed by atoms with Crippen molar-refractivity contribution in [3.05, 3.63) is 29.8 Å². The van der Waals surface area contributed by atoms with Crippen LogP contribution in [0.4, 0.5) is 0 Å². The number of rotatable bonds is 8. The lowest BCUT2D eigenvalue weighted by Crippen LogP contribution is -2.24. The van der Waals surface area contributed by atoms with E-state index in [1.807, 2.05) is 25.1 Å². The van der Waals surface area contributed by atoms with Gasteiger partial charge in [0.05, 0.1) is 13.7 Å². The molecule has 0 fully saturated rings. The molecule has 18 heavy (non-hydrogen) atoms. The average molecular weight is 269 g/mol. The molecule has 3 nitrogen and oxygen atoms in total. The summed E-state index contributed by atoms with van der Waals surface area (Å²) in [6.45, 7) is 5.27. The summed E-state index contributed by atoms with van der Waals surface area (Å²) in [5, 5.41) is 12.8. The van der Waals surface area contributed by atoms with Crippen LogP contribution in [0.5, 0.6) is 5.75 Å². The predicted octanol–water partition coefficient (Wildman–Crippen LogP) is 2.46. The van der Waals surface area contributed by atoms with Crippen molar-refractivity contribution in [2.24, 2.45) is 0 Å². The van der Waals surface area contributed by atoms with Crippen molar-refractivity contribution in [1.82, 2.24) is 5.32 Å². The van der Waals surface area contributed by atoms with Gasteiger partial charge in [-0.15, -0.1) is 0 Å². The first-order valence-corrected chi connectivity index (χ1v) is 7.36. The van der Waals surface area contributed by atoms with Crippen LogP contribution in [-0.2, 0) is 0 Å². The van der Waals surface area contributed by atoms with E-state index < -0.39 is 0 Å². The number of hydrogen-bond donors (Lipinski definition) is 2. The highest BCUT2D eigenvalue weighted by atomic mass is 32.2. The number of para-hydroxylation sites is 1. The highest BCUT2D eigenvalue weighted by Crippen LogP contribution is 2.28. The average Bonchev–Trinajstić information content (AvgIpc) is 2.43. The molecule has 1 aromatic rings. The summed E-state index contributed by atoms with van der Waals surface area (Å²) in [6.07, 6.45) is 0. The van der Waals surface area contributed by atoms with E-state index in [-0.39, 0.29) is 17.9 Å². The van der Waals surface area contributed by atoms with E-state index in [9.17, 15) is 0 Å². The largest absolute Gasteiger partial charge is 0.496 e. The van der Waals surface area contributed by atoms with Crippen molar-refractivity contribution in [2.45, 2.75) is 25.1 Å². The summed E-state index contributed by atoms with van der Waals surface area (Å²) in [7, 11) is 1.70. The molecule has 0 saturated carbocycles. The molecule has 2 N–H and O–H groups in total. The van der Waals surface area contributed by atoms with Crippen LogP contribution in [0.15, 0.2) is 24.3 Å². The van der Waals surface area contributed by atoms with E-state index in [1.54, 1.807) is 18.9 Å². The second-order valence-electron chi connectivity index (χ2n) is 4.18. The fourth-order valence-electron chi connectivity index (χ4n) is 1.77. The van der Waals surface area contributed by atoms with Crippen molar-refractivity contribution in [2.75, 3.05) is 26.0 Å². The standard InChI is InChI=1S/C14H23NO2S/c1-4-15-13(10-18-11(2)9-16)12-7-5-6-8-14(12)17-3/h5-8,11,13,15-16H,4,9-10H2,1-3H3. The summed E-state index contributed by atoms with van der Waals surface area (Å²) in [5.41, 5.74) is 1.18. The van der Waals surface area contributed by atoms with E-state index in [2.05, 4.69) is 18.3 Å². The van der Waals surface area contributed by atoms with Gasteiger partial charge in [-0.25, -0.2) is 0 Å². The van der Waals surface area contributed by atoms with Crippen molar-refractivity contribution < 1.29 is 9.84 Å². The first-order chi connectivity index (χ1) is 8.72. The van der Waals surface area contributed by atoms with Crippen molar-refractivity contribution in [1.29, 1.82) is 0 Å². The molecule has 0 saturated heterocycles. The van der Waals surface area contributed by atoms with Crippen molar-refractivity contribution in [3.63, 3.8) is 0 Å². The Balaban J connectivity index is 2.76. The van der Waals surface area contributed by atoms with Crippen LogP contribution in [0.25, 0.3) is 0 Å². The monoisotopic (exact) mass is 269 g/mol. The highest BCUT2D eigenvalue weighted by molar-refractivity contribution is 7.99. The first kappa shape index (κ1) is 15.3. The number of ether oxygens (including phenoxy) is 1. The van der Waals surface area contributed by atoms with E-state index in [0.29, 0.717) is 0 Å². The second-order valence-corrected chi connectivity index (χ2v) is 5.65. The molecule has 0 aliphatic carbocycles. The fourth-order valence-corrected chi connectivity index (χ4v) is 2.70. The molecule has 1 aromatic carbocycles. The molecule has 0 radical (unpaired) electrons. The number of nitrogens with one attached hydrogen (secondary N) is 1. The van der Waals surface area contributed by atoms with Gasteiger partial charge >= 0.3 is 0 Å². The van der Waals surface area contributed by atoms with Gasteiger partial charge in [0.2, 0.25) is 0 Å². The molecule has 0 heterocycles. The smallest absolute Gasteiger partial charge is 0.123 e. The van der Waals surface area contributed by atoms with Gasteiger partial charge in [-0.05, 0) is 12.6 Å². The van der Waals surface area contributed by atoms with Gasteiger partial charge in [0.25, 0.3) is 0 Å². The molecular weight excluding hydrogens is 246 g/mol. The molecule has 0 aliphatic rings. The molecule has 1 rings (SSSR count). The van der Waals surface area contributed by atoms with Crippen molar-refractivity contribution >= 4 is 11.8 Å². The Labute approximate surface area is 114 Å². The molecule has 2 atom stereocenters. The molecule has 102 valence electrons. The lowest BCUT2D eigenvalue weighted by atomic mass is 10.1. The van der Waals surface area contributed by atoms with Crippen LogP contribution in [0, 0.1) is 0 Å². The third-order valence-corrected chi connectivity index (χ3v) is 4.01. The Morgan fingerprint density at radius 2 is 2.11 bits per heavy atom. The predicted molar refractivity (Wildman–Crippen MR) is 78.4 cm³/mol. The Hall–Kier alpha value is -0.710. The number of aliphatic hydroxyl groups is 1. The van der Waals surface area contributed by atoms with Gasteiger partial charge in [-0.3, -0.25) is 0 Å². The molecule has 0 amide bonds. The quantitative estimate of drug-likeness (QED) is 0.761. The van der Waals surface area contributed by atoms with E-state index in [0.717, 1.165) is 18.0 Å². The Morgan fingerprint density at radius 1 is 1.39 bits per heavy atom. The maximum Gasteiger partial charge on any atom is 0.123 e. The lowest BCUT2D eigenvalue weighted by molar-refractivity contribution is 0.300. The normalized spacial score (nSPS) is 14.2. The zero-order chi connectivity index (χ0) is 13.4. The lowest BCUT2D eigenvalue weighted by Gasteiger charge is -2.21. The maximum absolute atomic E-state index is 9.08. The maximum atomic E-state index is 9.08. The van der Waals surface area contributed by atoms with Crippen LogP contribution in [-0.4, -0.2) is 36.4 Å². The molecule has 4 heteroatoms. The van der Waals surface area contributed by atoms with Gasteiger partial charge in [0, 0.05) is 22.6 Å². The molecule has 2 unspecified atom stereocenters. The fraction of sp³-hybridized carbons (Fsp3) is 0.571. The number of methoxy groups -OCH3 is 1. The molecule has 0 aliphatic heterocycles. The number of hydrogen-bond acceptors (Lipinski definition) is 4. The number of benzene rings is 1. The van der Waals surface area contributed by atoms with Crippen LogP contribution in [0.2, 0.25) is 0 Å². The Kier molecular flexibility index (Phi) is 7.16. The van der Waals surface area contributed by atoms with Gasteiger partial charge in [0.15, 0.2) is 0 Å². The molecule has 0 spiro atoms. The third-order valence-electron chi connectivity index (χ3n) is 2.77. The zero-order valence-corrected chi connectivity index (χ0v) is 12.2. The summed E-state index contributed by atoms with van der Waals surface area (Å²) in [6, 6.07) is 8.35. The second kappa shape index (κ2) is 8.40. The minimum absolute atomic E-state index is 0.218. The first-order valence-electron chi connectivity index (χ1n) is 6.31. The van der Waals surface area contributed by atoms with Gasteiger partial charge in [-0.1, -0.05) is 32.0 Å². The van der Waals surface area contributed by atoms with E-state index in [4.69, 9.17) is 9.84 Å². The van der Waals surface area contributed by atoms with Crippen LogP contribution in [0.3, 0.4) is 0 Å². The number of thioether (sulfide) groups is 1. The zero-order valence-electron chi connectivity index (χ0n) is 11.3. The SMILES string of the molecule is CCNC(CSC(C)CO)c1ccccc1OC. The molecular formula is C14H23NO2S. The van der Waals surface area contributed by atoms with Gasteiger partial charge < -0.3 is 15.2 Å². The Morgan fingerprint density at radius 3 is 2.72 bits per heavy atom. The van der Waals surface area contributed by atoms with Crippen LogP contribution < -0.4 is 10.1 Å². The molecule has 0 aromatic heterocycles. The van der Waals surface area contributed by atoms with E-state index in [1.165, 1.54) is 5.56 Å². The van der Waals surface area contributed by atoms with Crippen LogP contribution >= 0.6 is 11.8 Å². The summed E-state index contributed by atoms with van der Waals surface area (Å²) in [5.74, 6) is 1.84. The summed E-state index contributed by atoms with van der Waals surface area (Å²) < 4.78 is 5.41. The molecule has 0 bridgehead atoms. The minimum atomic E-state index is 0.218. The number of aliphatic hydroxyl groups excluding tert-OH is 1. The van der Waals surface area contributed by atoms with Gasteiger partial charge in [-0.2, -0.15) is 11.8 Å². The highest BCUT2D eigenvalue weighted by Gasteiger charge is 2.16. The minimum Gasteiger partial charge on any atom is -0.496 e. The van der Waals surface area contributed by atoms with Gasteiger partial charge in [0.1, 0.15) is 5.75 Å².